The first-order chi connectivity index (χ1) is 8.65. The van der Waals surface area contributed by atoms with Gasteiger partial charge in [-0.3, -0.25) is 0 Å². The minimum absolute atomic E-state index is 0.398. The highest BCUT2D eigenvalue weighted by atomic mass is 19.2. The van der Waals surface area contributed by atoms with Gasteiger partial charge in [-0.25, -0.2) is 18.7 Å². The molecular weight excluding hydrogens is 238 g/mol. The van der Waals surface area contributed by atoms with Crippen LogP contribution in [0.4, 0.5) is 14.6 Å². The second-order valence-corrected chi connectivity index (χ2v) is 3.75. The zero-order chi connectivity index (χ0) is 13.0. The Balaban J connectivity index is 1.90. The number of anilines is 1. The minimum Gasteiger partial charge on any atom is -0.384 e. The van der Waals surface area contributed by atoms with Crippen LogP contribution in [0.3, 0.4) is 0 Å². The molecule has 0 atom stereocenters. The van der Waals surface area contributed by atoms with E-state index in [-0.39, 0.29) is 0 Å². The van der Waals surface area contributed by atoms with Gasteiger partial charge in [0.2, 0.25) is 0 Å². The van der Waals surface area contributed by atoms with Crippen LogP contribution in [0.1, 0.15) is 11.4 Å². The van der Waals surface area contributed by atoms with Gasteiger partial charge in [0, 0.05) is 12.7 Å². The van der Waals surface area contributed by atoms with Crippen molar-refractivity contribution in [2.75, 3.05) is 5.73 Å². The normalized spacial score (nSPS) is 10.6. The van der Waals surface area contributed by atoms with Gasteiger partial charge in [0.15, 0.2) is 11.6 Å². The van der Waals surface area contributed by atoms with Crippen molar-refractivity contribution in [2.45, 2.75) is 13.1 Å². The second kappa shape index (κ2) is 5.50. The van der Waals surface area contributed by atoms with Crippen LogP contribution in [0.25, 0.3) is 0 Å². The summed E-state index contributed by atoms with van der Waals surface area (Å²) >= 11 is 0. The van der Waals surface area contributed by atoms with Crippen LogP contribution < -0.4 is 11.1 Å². The standard InChI is InChI=1S/C12H12F2N4/c13-9-2-1-8(5-10(9)14)6-16-7-12-17-4-3-11(15)18-12/h1-5,16H,6-7H2,(H2,15,17,18). The number of aromatic nitrogens is 2. The Kier molecular flexibility index (Phi) is 3.78. The first-order valence-electron chi connectivity index (χ1n) is 5.37. The van der Waals surface area contributed by atoms with Crippen molar-refractivity contribution in [3.8, 4) is 0 Å². The molecule has 0 saturated carbocycles. The molecule has 0 unspecified atom stereocenters. The molecule has 3 N–H and O–H groups in total. The number of rotatable bonds is 4. The first-order valence-corrected chi connectivity index (χ1v) is 5.37. The van der Waals surface area contributed by atoms with Crippen molar-refractivity contribution in [1.29, 1.82) is 0 Å². The fourth-order valence-electron chi connectivity index (χ4n) is 1.47. The molecule has 94 valence electrons. The predicted molar refractivity (Wildman–Crippen MR) is 63.3 cm³/mol. The lowest BCUT2D eigenvalue weighted by Crippen LogP contribution is -2.15. The largest absolute Gasteiger partial charge is 0.384 e. The highest BCUT2D eigenvalue weighted by molar-refractivity contribution is 5.25. The summed E-state index contributed by atoms with van der Waals surface area (Å²) in [5, 5.41) is 3.02. The average molecular weight is 250 g/mol. The molecular formula is C12H12F2N4. The summed E-state index contributed by atoms with van der Waals surface area (Å²) in [6, 6.07) is 5.37. The van der Waals surface area contributed by atoms with E-state index in [1.165, 1.54) is 6.07 Å². The van der Waals surface area contributed by atoms with Gasteiger partial charge >= 0.3 is 0 Å². The summed E-state index contributed by atoms with van der Waals surface area (Å²) < 4.78 is 25.6. The zero-order valence-electron chi connectivity index (χ0n) is 9.53. The number of halogens is 2. The maximum Gasteiger partial charge on any atom is 0.159 e. The van der Waals surface area contributed by atoms with Crippen LogP contribution in [0.2, 0.25) is 0 Å². The Labute approximate surface area is 103 Å². The highest BCUT2D eigenvalue weighted by Gasteiger charge is 2.02. The van der Waals surface area contributed by atoms with E-state index in [0.29, 0.717) is 30.3 Å². The van der Waals surface area contributed by atoms with Gasteiger partial charge in [-0.1, -0.05) is 6.07 Å². The van der Waals surface area contributed by atoms with E-state index < -0.39 is 11.6 Å². The molecule has 0 amide bonds. The van der Waals surface area contributed by atoms with E-state index in [4.69, 9.17) is 5.73 Å². The van der Waals surface area contributed by atoms with Crippen LogP contribution in [0.15, 0.2) is 30.5 Å². The van der Waals surface area contributed by atoms with Crippen molar-refractivity contribution in [1.82, 2.24) is 15.3 Å². The second-order valence-electron chi connectivity index (χ2n) is 3.75. The average Bonchev–Trinajstić information content (AvgIpc) is 2.34. The number of hydrogen-bond donors (Lipinski definition) is 2. The van der Waals surface area contributed by atoms with E-state index >= 15 is 0 Å². The van der Waals surface area contributed by atoms with Crippen LogP contribution in [0.5, 0.6) is 0 Å². The van der Waals surface area contributed by atoms with Gasteiger partial charge in [-0.05, 0) is 23.8 Å². The van der Waals surface area contributed by atoms with Gasteiger partial charge < -0.3 is 11.1 Å². The molecule has 1 heterocycles. The Morgan fingerprint density at radius 2 is 1.94 bits per heavy atom. The zero-order valence-corrected chi connectivity index (χ0v) is 9.53. The SMILES string of the molecule is Nc1ccnc(CNCc2ccc(F)c(F)c2)n1. The molecule has 6 heteroatoms. The topological polar surface area (TPSA) is 63.8 Å². The lowest BCUT2D eigenvalue weighted by Gasteiger charge is -2.05. The molecule has 2 rings (SSSR count). The third-order valence-electron chi connectivity index (χ3n) is 2.32. The van der Waals surface area contributed by atoms with Crippen molar-refractivity contribution >= 4 is 5.82 Å². The summed E-state index contributed by atoms with van der Waals surface area (Å²) in [4.78, 5) is 8.02. The maximum absolute atomic E-state index is 12.9. The van der Waals surface area contributed by atoms with Crippen molar-refractivity contribution in [3.05, 3.63) is 53.5 Å². The summed E-state index contributed by atoms with van der Waals surface area (Å²) in [6.45, 7) is 0.805. The summed E-state index contributed by atoms with van der Waals surface area (Å²) in [5.74, 6) is -0.750. The number of hydrogen-bond acceptors (Lipinski definition) is 4. The molecule has 1 aromatic carbocycles. The predicted octanol–water partition coefficient (Wildman–Crippen LogP) is 1.63. The Morgan fingerprint density at radius 3 is 2.67 bits per heavy atom. The van der Waals surface area contributed by atoms with Crippen molar-refractivity contribution in [2.24, 2.45) is 0 Å². The summed E-state index contributed by atoms with van der Waals surface area (Å²) in [6.07, 6.45) is 1.57. The quantitative estimate of drug-likeness (QED) is 0.865. The van der Waals surface area contributed by atoms with Gasteiger partial charge in [-0.2, -0.15) is 0 Å². The fourth-order valence-corrected chi connectivity index (χ4v) is 1.47. The Hall–Kier alpha value is -2.08. The number of nitrogens with zero attached hydrogens (tertiary/aromatic N) is 2. The molecule has 18 heavy (non-hydrogen) atoms. The van der Waals surface area contributed by atoms with Crippen LogP contribution in [-0.2, 0) is 13.1 Å². The molecule has 0 radical (unpaired) electrons. The fraction of sp³-hybridized carbons (Fsp3) is 0.167. The summed E-state index contributed by atoms with van der Waals surface area (Å²) in [5.41, 5.74) is 6.16. The Morgan fingerprint density at radius 1 is 1.11 bits per heavy atom. The van der Waals surface area contributed by atoms with E-state index in [0.717, 1.165) is 12.1 Å². The van der Waals surface area contributed by atoms with Gasteiger partial charge in [0.25, 0.3) is 0 Å². The molecule has 0 spiro atoms. The highest BCUT2D eigenvalue weighted by Crippen LogP contribution is 2.08. The van der Waals surface area contributed by atoms with E-state index in [2.05, 4.69) is 15.3 Å². The van der Waals surface area contributed by atoms with Gasteiger partial charge in [-0.15, -0.1) is 0 Å². The van der Waals surface area contributed by atoms with Crippen LogP contribution in [-0.4, -0.2) is 9.97 Å². The van der Waals surface area contributed by atoms with E-state index in [1.807, 2.05) is 0 Å². The Bertz CT molecular complexity index is 545. The van der Waals surface area contributed by atoms with Crippen LogP contribution in [0, 0.1) is 11.6 Å². The monoisotopic (exact) mass is 250 g/mol. The number of benzene rings is 1. The molecule has 2 aromatic rings. The number of nitrogens with one attached hydrogen (secondary N) is 1. The third kappa shape index (κ3) is 3.21. The first kappa shape index (κ1) is 12.4. The summed E-state index contributed by atoms with van der Waals surface area (Å²) in [7, 11) is 0. The van der Waals surface area contributed by atoms with Gasteiger partial charge in [0.05, 0.1) is 6.54 Å². The number of nitrogen functional groups attached to an aromatic ring is 1. The molecule has 0 saturated heterocycles. The smallest absolute Gasteiger partial charge is 0.159 e. The molecule has 0 aliphatic heterocycles. The van der Waals surface area contributed by atoms with Crippen LogP contribution >= 0.6 is 0 Å². The third-order valence-corrected chi connectivity index (χ3v) is 2.32. The molecule has 4 nitrogen and oxygen atoms in total. The maximum atomic E-state index is 12.9. The van der Waals surface area contributed by atoms with Gasteiger partial charge in [0.1, 0.15) is 11.6 Å². The lowest BCUT2D eigenvalue weighted by molar-refractivity contribution is 0.506. The molecule has 1 aromatic heterocycles. The molecule has 0 aliphatic carbocycles. The number of nitrogens with two attached hydrogens (primary N) is 1. The van der Waals surface area contributed by atoms with E-state index in [9.17, 15) is 8.78 Å². The van der Waals surface area contributed by atoms with Crippen molar-refractivity contribution < 1.29 is 8.78 Å². The molecule has 0 bridgehead atoms. The lowest BCUT2D eigenvalue weighted by atomic mass is 10.2. The minimum atomic E-state index is -0.852. The van der Waals surface area contributed by atoms with Crippen molar-refractivity contribution in [3.63, 3.8) is 0 Å². The molecule has 0 aliphatic rings. The van der Waals surface area contributed by atoms with E-state index in [1.54, 1.807) is 12.3 Å². The molecule has 0 fully saturated rings.